The molecule has 6 nitrogen and oxygen atoms in total. The van der Waals surface area contributed by atoms with E-state index in [9.17, 15) is 13.2 Å². The van der Waals surface area contributed by atoms with E-state index in [1.54, 1.807) is 11.1 Å². The molecule has 21 heavy (non-hydrogen) atoms. The molecular weight excluding hydrogens is 310 g/mol. The third-order valence-corrected chi connectivity index (χ3v) is 6.39. The minimum atomic E-state index is -2.97. The van der Waals surface area contributed by atoms with Crippen LogP contribution in [0.15, 0.2) is 17.6 Å². The van der Waals surface area contributed by atoms with E-state index in [2.05, 4.69) is 4.98 Å². The third-order valence-electron chi connectivity index (χ3n) is 3.65. The molecule has 1 atom stereocenters. The van der Waals surface area contributed by atoms with Crippen LogP contribution >= 0.6 is 11.8 Å². The Balaban J connectivity index is 1.95. The van der Waals surface area contributed by atoms with Gasteiger partial charge in [0, 0.05) is 31.5 Å². The summed E-state index contributed by atoms with van der Waals surface area (Å²) in [5.74, 6) is 0.562. The predicted molar refractivity (Wildman–Crippen MR) is 83.1 cm³/mol. The first kappa shape index (κ1) is 16.4. The lowest BCUT2D eigenvalue weighted by molar-refractivity contribution is -0.129. The van der Waals surface area contributed by atoms with Crippen molar-refractivity contribution in [3.8, 4) is 0 Å². The molecule has 0 radical (unpaired) electrons. The van der Waals surface area contributed by atoms with Gasteiger partial charge in [0.25, 0.3) is 0 Å². The second-order valence-electron chi connectivity index (χ2n) is 5.02. The number of aromatic nitrogens is 2. The summed E-state index contributed by atoms with van der Waals surface area (Å²) in [4.78, 5) is 18.3. The molecule has 0 spiro atoms. The maximum Gasteiger partial charge on any atom is 0.233 e. The topological polar surface area (TPSA) is 72.3 Å². The van der Waals surface area contributed by atoms with Gasteiger partial charge in [-0.1, -0.05) is 11.8 Å². The summed E-state index contributed by atoms with van der Waals surface area (Å²) >= 11 is 1.40. The van der Waals surface area contributed by atoms with Crippen molar-refractivity contribution in [3.63, 3.8) is 0 Å². The number of thioether (sulfide) groups is 1. The fourth-order valence-electron chi connectivity index (χ4n) is 2.54. The van der Waals surface area contributed by atoms with Gasteiger partial charge in [0.05, 0.1) is 17.3 Å². The molecule has 0 saturated carbocycles. The minimum absolute atomic E-state index is 0.0183. The van der Waals surface area contributed by atoms with Crippen LogP contribution in [0.3, 0.4) is 0 Å². The Morgan fingerprint density at radius 3 is 2.86 bits per heavy atom. The SMILES string of the molecule is CCN(C(=O)CSc1nccn1CC)C1CCS(=O)(=O)C1. The Labute approximate surface area is 129 Å². The number of nitrogens with zero attached hydrogens (tertiary/aromatic N) is 3. The molecule has 118 valence electrons. The largest absolute Gasteiger partial charge is 0.338 e. The lowest BCUT2D eigenvalue weighted by atomic mass is 10.2. The summed E-state index contributed by atoms with van der Waals surface area (Å²) in [5.41, 5.74) is 0. The summed E-state index contributed by atoms with van der Waals surface area (Å²) in [6.07, 6.45) is 4.15. The Bertz CT molecular complexity index is 598. The van der Waals surface area contributed by atoms with Crippen LogP contribution in [-0.4, -0.2) is 58.6 Å². The van der Waals surface area contributed by atoms with Gasteiger partial charge in [-0.25, -0.2) is 13.4 Å². The number of hydrogen-bond acceptors (Lipinski definition) is 5. The van der Waals surface area contributed by atoms with Crippen LogP contribution in [0.2, 0.25) is 0 Å². The number of sulfone groups is 1. The molecular formula is C13H21N3O3S2. The minimum Gasteiger partial charge on any atom is -0.338 e. The summed E-state index contributed by atoms with van der Waals surface area (Å²) in [6.45, 7) is 5.27. The number of amides is 1. The van der Waals surface area contributed by atoms with E-state index in [0.29, 0.717) is 18.7 Å². The van der Waals surface area contributed by atoms with Gasteiger partial charge in [0.2, 0.25) is 5.91 Å². The second-order valence-corrected chi connectivity index (χ2v) is 8.19. The Morgan fingerprint density at radius 2 is 2.29 bits per heavy atom. The van der Waals surface area contributed by atoms with Crippen LogP contribution in [0.25, 0.3) is 0 Å². The fraction of sp³-hybridized carbons (Fsp3) is 0.692. The van der Waals surface area contributed by atoms with Crippen LogP contribution in [-0.2, 0) is 21.2 Å². The van der Waals surface area contributed by atoms with Crippen LogP contribution < -0.4 is 0 Å². The molecule has 1 fully saturated rings. The molecule has 1 aromatic rings. The Morgan fingerprint density at radius 1 is 1.52 bits per heavy atom. The summed E-state index contributed by atoms with van der Waals surface area (Å²) in [6, 6.07) is -0.168. The molecule has 1 saturated heterocycles. The molecule has 1 unspecified atom stereocenters. The maximum atomic E-state index is 12.3. The Hall–Kier alpha value is -1.02. The fourth-order valence-corrected chi connectivity index (χ4v) is 5.19. The van der Waals surface area contributed by atoms with Crippen molar-refractivity contribution in [1.29, 1.82) is 0 Å². The molecule has 0 aromatic carbocycles. The number of aryl methyl sites for hydroxylation is 1. The molecule has 2 heterocycles. The highest BCUT2D eigenvalue weighted by Crippen LogP contribution is 2.21. The van der Waals surface area contributed by atoms with Crippen molar-refractivity contribution >= 4 is 27.5 Å². The van der Waals surface area contributed by atoms with E-state index in [1.165, 1.54) is 11.8 Å². The van der Waals surface area contributed by atoms with Crippen molar-refractivity contribution in [1.82, 2.24) is 14.5 Å². The van der Waals surface area contributed by atoms with Crippen molar-refractivity contribution in [2.24, 2.45) is 0 Å². The van der Waals surface area contributed by atoms with Gasteiger partial charge in [0.1, 0.15) is 0 Å². The molecule has 0 N–H and O–H groups in total. The number of hydrogen-bond donors (Lipinski definition) is 0. The van der Waals surface area contributed by atoms with Crippen molar-refractivity contribution in [3.05, 3.63) is 12.4 Å². The lowest BCUT2D eigenvalue weighted by Gasteiger charge is -2.26. The van der Waals surface area contributed by atoms with E-state index >= 15 is 0 Å². The van der Waals surface area contributed by atoms with E-state index in [-0.39, 0.29) is 23.5 Å². The van der Waals surface area contributed by atoms with Crippen molar-refractivity contribution in [2.75, 3.05) is 23.8 Å². The Kier molecular flexibility index (Phi) is 5.32. The average molecular weight is 331 g/mol. The molecule has 1 aromatic heterocycles. The zero-order chi connectivity index (χ0) is 15.5. The average Bonchev–Trinajstić information content (AvgIpc) is 3.03. The molecule has 8 heteroatoms. The van der Waals surface area contributed by atoms with E-state index in [4.69, 9.17) is 0 Å². The molecule has 0 aliphatic carbocycles. The monoisotopic (exact) mass is 331 g/mol. The zero-order valence-electron chi connectivity index (χ0n) is 12.4. The number of carbonyl (C=O) groups is 1. The highest BCUT2D eigenvalue weighted by atomic mass is 32.2. The van der Waals surface area contributed by atoms with Crippen LogP contribution in [0.4, 0.5) is 0 Å². The van der Waals surface area contributed by atoms with E-state index in [0.717, 1.165) is 11.7 Å². The first-order chi connectivity index (χ1) is 9.96. The lowest BCUT2D eigenvalue weighted by Crippen LogP contribution is -2.42. The first-order valence-electron chi connectivity index (χ1n) is 7.10. The second kappa shape index (κ2) is 6.83. The first-order valence-corrected chi connectivity index (χ1v) is 9.91. The van der Waals surface area contributed by atoms with Crippen molar-refractivity contribution in [2.45, 2.75) is 38.0 Å². The number of imidazole rings is 1. The predicted octanol–water partition coefficient (Wildman–Crippen LogP) is 1.03. The van der Waals surface area contributed by atoms with Gasteiger partial charge in [-0.2, -0.15) is 0 Å². The summed E-state index contributed by atoms with van der Waals surface area (Å²) < 4.78 is 25.1. The zero-order valence-corrected chi connectivity index (χ0v) is 14.0. The van der Waals surface area contributed by atoms with Crippen LogP contribution in [0.5, 0.6) is 0 Å². The summed E-state index contributed by atoms with van der Waals surface area (Å²) in [5, 5.41) is 0.820. The van der Waals surface area contributed by atoms with Gasteiger partial charge >= 0.3 is 0 Å². The molecule has 2 rings (SSSR count). The number of carbonyl (C=O) groups excluding carboxylic acids is 1. The molecule has 1 aliphatic rings. The van der Waals surface area contributed by atoms with E-state index < -0.39 is 9.84 Å². The highest BCUT2D eigenvalue weighted by molar-refractivity contribution is 7.99. The summed E-state index contributed by atoms with van der Waals surface area (Å²) in [7, 11) is -2.97. The van der Waals surface area contributed by atoms with Gasteiger partial charge in [-0.15, -0.1) is 0 Å². The molecule has 0 bridgehead atoms. The highest BCUT2D eigenvalue weighted by Gasteiger charge is 2.33. The van der Waals surface area contributed by atoms with Gasteiger partial charge in [-0.05, 0) is 20.3 Å². The van der Waals surface area contributed by atoms with E-state index in [1.807, 2.05) is 24.6 Å². The molecule has 1 amide bonds. The van der Waals surface area contributed by atoms with Gasteiger partial charge in [-0.3, -0.25) is 4.79 Å². The third kappa shape index (κ3) is 4.00. The standard InChI is InChI=1S/C13H21N3O3S2/c1-3-15-7-6-14-13(15)20-9-12(17)16(4-2)11-5-8-21(18,19)10-11/h6-7,11H,3-5,8-10H2,1-2H3. The maximum absolute atomic E-state index is 12.3. The smallest absolute Gasteiger partial charge is 0.233 e. The van der Waals surface area contributed by atoms with Crippen LogP contribution in [0, 0.1) is 0 Å². The number of rotatable bonds is 6. The quantitative estimate of drug-likeness (QED) is 0.728. The normalized spacial score (nSPS) is 20.6. The van der Waals surface area contributed by atoms with Crippen LogP contribution in [0.1, 0.15) is 20.3 Å². The van der Waals surface area contributed by atoms with Gasteiger partial charge < -0.3 is 9.47 Å². The van der Waals surface area contributed by atoms with Gasteiger partial charge in [0.15, 0.2) is 15.0 Å². The molecule has 1 aliphatic heterocycles. The van der Waals surface area contributed by atoms with Crippen molar-refractivity contribution < 1.29 is 13.2 Å².